The molecule has 1 aliphatic carbocycles. The van der Waals surface area contributed by atoms with Gasteiger partial charge in [0.2, 0.25) is 0 Å². The van der Waals surface area contributed by atoms with E-state index in [1.54, 1.807) is 0 Å². The summed E-state index contributed by atoms with van der Waals surface area (Å²) in [5, 5.41) is 2.36. The van der Waals surface area contributed by atoms with Crippen LogP contribution in [0.25, 0.3) is 38.6 Å². The Kier molecular flexibility index (Phi) is 13.4. The van der Waals surface area contributed by atoms with Crippen molar-refractivity contribution in [2.45, 2.75) is 131 Å². The van der Waals surface area contributed by atoms with Crippen molar-refractivity contribution in [3.63, 3.8) is 0 Å². The summed E-state index contributed by atoms with van der Waals surface area (Å²) in [6.45, 7) is 34.1. The van der Waals surface area contributed by atoms with Crippen LogP contribution in [0.4, 0.5) is 34.1 Å². The summed E-state index contributed by atoms with van der Waals surface area (Å²) in [5.74, 6) is 0. The Morgan fingerprint density at radius 2 is 0.578 bits per heavy atom. The van der Waals surface area contributed by atoms with Crippen molar-refractivity contribution in [1.29, 1.82) is 0 Å². The van der Waals surface area contributed by atoms with Crippen molar-refractivity contribution in [1.82, 2.24) is 4.57 Å². The molecular weight excluding hydrogens is 1000 g/mol. The van der Waals surface area contributed by atoms with E-state index in [-0.39, 0.29) is 21.7 Å². The molecule has 0 saturated heterocycles. The predicted octanol–water partition coefficient (Wildman–Crippen LogP) is 22.2. The molecule has 3 nitrogen and oxygen atoms in total. The largest absolute Gasteiger partial charge is 0.310 e. The van der Waals surface area contributed by atoms with Gasteiger partial charge in [-0.05, 0) is 195 Å². The molecule has 1 aliphatic rings. The molecule has 12 rings (SSSR count). The first-order valence-corrected chi connectivity index (χ1v) is 29.9. The average molecular weight is 1080 g/mol. The van der Waals surface area contributed by atoms with E-state index in [1.165, 1.54) is 83.1 Å². The Hall–Kier alpha value is -8.40. The summed E-state index contributed by atoms with van der Waals surface area (Å²) >= 11 is 0. The standard InChI is InChI=1S/C80H81N3/c1-52-16-20-59(21-17-52)80(72-48-53(2)18-44-68(72)69-45-19-54(3)49-73(69)80)60-30-40-65(41-31-60)83-74-46-42-66(81(61-32-22-55(23-33-61)76(4,5)6)62-34-24-56(25-35-62)77(7,8)9)50-70(74)71-51-67(43-47-75(71)83)82(63-36-26-57(27-37-63)78(10,11)12)64-38-28-58(29-39-64)79(13,14)15/h16-51H,1-15H3. The summed E-state index contributed by atoms with van der Waals surface area (Å²) in [7, 11) is 0. The maximum atomic E-state index is 2.49. The molecule has 0 atom stereocenters. The molecule has 0 N–H and O–H groups in total. The molecule has 10 aromatic carbocycles. The van der Waals surface area contributed by atoms with Crippen molar-refractivity contribution in [3.05, 3.63) is 280 Å². The second kappa shape index (κ2) is 20.2. The normalized spacial score (nSPS) is 13.3. The van der Waals surface area contributed by atoms with Gasteiger partial charge in [-0.3, -0.25) is 0 Å². The highest BCUT2D eigenvalue weighted by molar-refractivity contribution is 6.12. The maximum absolute atomic E-state index is 2.49. The van der Waals surface area contributed by atoms with Gasteiger partial charge in [-0.2, -0.15) is 0 Å². The molecule has 0 fully saturated rings. The second-order valence-electron chi connectivity index (χ2n) is 27.9. The van der Waals surface area contributed by atoms with Crippen LogP contribution in [0.15, 0.2) is 218 Å². The minimum atomic E-state index is -0.515. The molecule has 0 radical (unpaired) electrons. The van der Waals surface area contributed by atoms with E-state index in [9.17, 15) is 0 Å². The third-order valence-corrected chi connectivity index (χ3v) is 17.7. The summed E-state index contributed by atoms with van der Waals surface area (Å²) < 4.78 is 2.49. The Morgan fingerprint density at radius 1 is 0.289 bits per heavy atom. The van der Waals surface area contributed by atoms with Crippen LogP contribution in [0, 0.1) is 20.8 Å². The quantitative estimate of drug-likeness (QED) is 0.143. The SMILES string of the molecule is Cc1ccc(C2(c3ccc(-n4c5ccc(N(c6ccc(C(C)(C)C)cc6)c6ccc(C(C)(C)C)cc6)cc5c5cc(N(c6ccc(C(C)(C)C)cc6)c6ccc(C(C)(C)C)cc6)ccc54)cc3)c3cc(C)ccc3-c3ccc(C)cc32)cc1. The Balaban J connectivity index is 1.09. The summed E-state index contributed by atoms with van der Waals surface area (Å²) in [6, 6.07) is 84.0. The Morgan fingerprint density at radius 3 is 0.892 bits per heavy atom. The van der Waals surface area contributed by atoms with E-state index in [0.29, 0.717) is 0 Å². The van der Waals surface area contributed by atoms with Crippen LogP contribution in [0.5, 0.6) is 0 Å². The molecule has 83 heavy (non-hydrogen) atoms. The van der Waals surface area contributed by atoms with Gasteiger partial charge >= 0.3 is 0 Å². The number of aryl methyl sites for hydroxylation is 3. The number of hydrogen-bond donors (Lipinski definition) is 0. The van der Waals surface area contributed by atoms with Crippen LogP contribution in [-0.4, -0.2) is 4.57 Å². The molecule has 0 bridgehead atoms. The maximum Gasteiger partial charge on any atom is 0.0713 e. The lowest BCUT2D eigenvalue weighted by Gasteiger charge is -2.34. The van der Waals surface area contributed by atoms with Crippen LogP contribution in [-0.2, 0) is 27.1 Å². The molecule has 0 aliphatic heterocycles. The van der Waals surface area contributed by atoms with Gasteiger partial charge < -0.3 is 14.4 Å². The van der Waals surface area contributed by atoms with Gasteiger partial charge in [-0.1, -0.05) is 221 Å². The lowest BCUT2D eigenvalue weighted by atomic mass is 9.67. The predicted molar refractivity (Wildman–Crippen MR) is 356 cm³/mol. The third kappa shape index (κ3) is 9.86. The smallest absolute Gasteiger partial charge is 0.0713 e. The molecular formula is C80H81N3. The minimum absolute atomic E-state index is 0.0247. The van der Waals surface area contributed by atoms with E-state index < -0.39 is 5.41 Å². The van der Waals surface area contributed by atoms with Gasteiger partial charge in [-0.25, -0.2) is 0 Å². The number of anilines is 6. The number of benzene rings is 10. The lowest BCUT2D eigenvalue weighted by Crippen LogP contribution is -2.28. The van der Waals surface area contributed by atoms with Crippen molar-refractivity contribution >= 4 is 55.9 Å². The fourth-order valence-corrected chi connectivity index (χ4v) is 12.9. The molecule has 416 valence electrons. The van der Waals surface area contributed by atoms with Crippen LogP contribution in [0.3, 0.4) is 0 Å². The zero-order valence-corrected chi connectivity index (χ0v) is 51.6. The number of rotatable bonds is 9. The fourth-order valence-electron chi connectivity index (χ4n) is 12.9. The van der Waals surface area contributed by atoms with Crippen molar-refractivity contribution in [2.24, 2.45) is 0 Å². The number of aromatic nitrogens is 1. The van der Waals surface area contributed by atoms with Gasteiger partial charge in [0.05, 0.1) is 16.4 Å². The zero-order valence-electron chi connectivity index (χ0n) is 51.6. The lowest BCUT2D eigenvalue weighted by molar-refractivity contribution is 0.590. The van der Waals surface area contributed by atoms with Gasteiger partial charge in [0, 0.05) is 50.6 Å². The van der Waals surface area contributed by atoms with Gasteiger partial charge in [0.1, 0.15) is 0 Å². The van der Waals surface area contributed by atoms with Gasteiger partial charge in [-0.15, -0.1) is 0 Å². The number of nitrogens with zero attached hydrogens (tertiary/aromatic N) is 3. The number of fused-ring (bicyclic) bond motifs is 6. The summed E-state index contributed by atoms with van der Waals surface area (Å²) in [4.78, 5) is 4.87. The van der Waals surface area contributed by atoms with Gasteiger partial charge in [0.25, 0.3) is 0 Å². The third-order valence-electron chi connectivity index (χ3n) is 17.7. The van der Waals surface area contributed by atoms with E-state index in [4.69, 9.17) is 0 Å². The zero-order chi connectivity index (χ0) is 58.5. The van der Waals surface area contributed by atoms with Crippen molar-refractivity contribution < 1.29 is 0 Å². The molecule has 0 saturated carbocycles. The molecule has 0 amide bonds. The highest BCUT2D eigenvalue weighted by Crippen LogP contribution is 2.57. The van der Waals surface area contributed by atoms with Gasteiger partial charge in [0.15, 0.2) is 0 Å². The topological polar surface area (TPSA) is 11.4 Å². The van der Waals surface area contributed by atoms with E-state index >= 15 is 0 Å². The molecule has 11 aromatic rings. The first-order valence-electron chi connectivity index (χ1n) is 29.9. The van der Waals surface area contributed by atoms with Crippen LogP contribution in [0.2, 0.25) is 0 Å². The molecule has 0 spiro atoms. The summed E-state index contributed by atoms with van der Waals surface area (Å²) in [5.41, 5.74) is 26.5. The van der Waals surface area contributed by atoms with Crippen molar-refractivity contribution in [2.75, 3.05) is 9.80 Å². The fraction of sp³-hybridized carbons (Fsp3) is 0.250. The van der Waals surface area contributed by atoms with Crippen LogP contribution in [0.1, 0.15) is 144 Å². The monoisotopic (exact) mass is 1080 g/mol. The average Bonchev–Trinajstić information content (AvgIpc) is 1.79. The molecule has 0 unspecified atom stereocenters. The van der Waals surface area contributed by atoms with E-state index in [2.05, 4.69) is 337 Å². The second-order valence-corrected chi connectivity index (χ2v) is 27.9. The van der Waals surface area contributed by atoms with E-state index in [1.807, 2.05) is 0 Å². The molecule has 1 heterocycles. The Bertz CT molecular complexity index is 3860. The van der Waals surface area contributed by atoms with E-state index in [0.717, 1.165) is 50.8 Å². The van der Waals surface area contributed by atoms with Crippen LogP contribution >= 0.6 is 0 Å². The molecule has 1 aromatic heterocycles. The minimum Gasteiger partial charge on any atom is -0.310 e. The van der Waals surface area contributed by atoms with Crippen molar-refractivity contribution in [3.8, 4) is 16.8 Å². The Labute approximate surface area is 494 Å². The summed E-state index contributed by atoms with van der Waals surface area (Å²) in [6.07, 6.45) is 0. The highest BCUT2D eigenvalue weighted by atomic mass is 15.2. The number of hydrogen-bond acceptors (Lipinski definition) is 2. The first-order chi connectivity index (χ1) is 39.4. The molecule has 3 heteroatoms. The highest BCUT2D eigenvalue weighted by Gasteiger charge is 2.46. The first kappa shape index (κ1) is 55.2. The van der Waals surface area contributed by atoms with Crippen LogP contribution < -0.4 is 9.80 Å².